The van der Waals surface area contributed by atoms with E-state index < -0.39 is 60.6 Å². The second kappa shape index (κ2) is 10.5. The van der Waals surface area contributed by atoms with Crippen LogP contribution in [0.25, 0.3) is 0 Å². The number of esters is 5. The molecular formula is C20H22O11. The van der Waals surface area contributed by atoms with Crippen LogP contribution >= 0.6 is 0 Å². The van der Waals surface area contributed by atoms with Gasteiger partial charge in [0, 0.05) is 20.8 Å². The summed E-state index contributed by atoms with van der Waals surface area (Å²) in [5, 5.41) is 0. The molecule has 11 nitrogen and oxygen atoms in total. The van der Waals surface area contributed by atoms with Gasteiger partial charge in [-0.1, -0.05) is 18.2 Å². The van der Waals surface area contributed by atoms with Gasteiger partial charge in [-0.05, 0) is 12.1 Å². The van der Waals surface area contributed by atoms with Crippen molar-refractivity contribution < 1.29 is 52.4 Å². The molecular weight excluding hydrogens is 416 g/mol. The lowest BCUT2D eigenvalue weighted by molar-refractivity contribution is -0.288. The van der Waals surface area contributed by atoms with Crippen molar-refractivity contribution in [2.45, 2.75) is 51.5 Å². The molecule has 0 saturated carbocycles. The molecule has 0 unspecified atom stereocenters. The summed E-state index contributed by atoms with van der Waals surface area (Å²) in [6, 6.07) is 7.81. The summed E-state index contributed by atoms with van der Waals surface area (Å²) >= 11 is 0. The Labute approximate surface area is 177 Å². The lowest BCUT2D eigenvalue weighted by Crippen LogP contribution is -2.64. The molecule has 0 aliphatic carbocycles. The maximum Gasteiger partial charge on any atom is 0.340 e. The smallest absolute Gasteiger partial charge is 0.340 e. The molecule has 1 aromatic rings. The fourth-order valence-corrected chi connectivity index (χ4v) is 2.92. The van der Waals surface area contributed by atoms with E-state index in [1.165, 1.54) is 12.1 Å². The van der Waals surface area contributed by atoms with Crippen LogP contribution in [0.15, 0.2) is 30.3 Å². The van der Waals surface area contributed by atoms with Gasteiger partial charge in [-0.25, -0.2) is 9.59 Å². The average Bonchev–Trinajstić information content (AvgIpc) is 2.71. The van der Waals surface area contributed by atoms with Crippen molar-refractivity contribution in [2.24, 2.45) is 0 Å². The van der Waals surface area contributed by atoms with E-state index >= 15 is 0 Å². The van der Waals surface area contributed by atoms with Gasteiger partial charge in [-0.15, -0.1) is 0 Å². The monoisotopic (exact) mass is 438 g/mol. The highest BCUT2D eigenvalue weighted by atomic mass is 16.7. The van der Waals surface area contributed by atoms with E-state index in [4.69, 9.17) is 23.7 Å². The first-order valence-electron chi connectivity index (χ1n) is 9.15. The largest absolute Gasteiger partial charge is 0.467 e. The number of carbonyl (C=O) groups excluding carboxylic acids is 5. The fraction of sp³-hybridized carbons (Fsp3) is 0.450. The van der Waals surface area contributed by atoms with Crippen molar-refractivity contribution in [1.29, 1.82) is 0 Å². The number of benzene rings is 1. The Balaban J connectivity index is 2.46. The molecule has 2 rings (SSSR count). The predicted molar refractivity (Wildman–Crippen MR) is 99.2 cm³/mol. The van der Waals surface area contributed by atoms with Crippen LogP contribution in [0.4, 0.5) is 0 Å². The molecule has 168 valence electrons. The Kier molecular flexibility index (Phi) is 8.08. The van der Waals surface area contributed by atoms with Crippen LogP contribution < -0.4 is 0 Å². The van der Waals surface area contributed by atoms with Crippen LogP contribution in [0, 0.1) is 0 Å². The van der Waals surface area contributed by atoms with Gasteiger partial charge in [0.15, 0.2) is 18.3 Å². The third-order valence-electron chi connectivity index (χ3n) is 4.07. The van der Waals surface area contributed by atoms with Gasteiger partial charge in [0.2, 0.25) is 12.4 Å². The summed E-state index contributed by atoms with van der Waals surface area (Å²) in [4.78, 5) is 59.8. The Morgan fingerprint density at radius 1 is 0.742 bits per heavy atom. The zero-order valence-corrected chi connectivity index (χ0v) is 17.3. The van der Waals surface area contributed by atoms with Crippen LogP contribution in [0.5, 0.6) is 0 Å². The quantitative estimate of drug-likeness (QED) is 0.454. The molecule has 0 N–H and O–H groups in total. The number of hydrogen-bond donors (Lipinski definition) is 0. The maximum atomic E-state index is 12.5. The minimum atomic E-state index is -1.68. The van der Waals surface area contributed by atoms with Gasteiger partial charge < -0.3 is 28.4 Å². The van der Waals surface area contributed by atoms with Crippen molar-refractivity contribution in [3.8, 4) is 0 Å². The van der Waals surface area contributed by atoms with Crippen LogP contribution in [0.3, 0.4) is 0 Å². The summed E-state index contributed by atoms with van der Waals surface area (Å²) in [6.45, 7) is 3.18. The first-order chi connectivity index (χ1) is 14.6. The van der Waals surface area contributed by atoms with Gasteiger partial charge >= 0.3 is 29.8 Å². The van der Waals surface area contributed by atoms with Gasteiger partial charge in [-0.3, -0.25) is 14.4 Å². The average molecular weight is 438 g/mol. The summed E-state index contributed by atoms with van der Waals surface area (Å²) in [5.74, 6) is -4.35. The second-order valence-corrected chi connectivity index (χ2v) is 6.44. The number of rotatable bonds is 6. The topological polar surface area (TPSA) is 141 Å². The lowest BCUT2D eigenvalue weighted by atomic mass is 9.97. The molecule has 0 radical (unpaired) electrons. The van der Waals surface area contributed by atoms with Crippen molar-refractivity contribution in [3.63, 3.8) is 0 Å². The molecule has 1 aliphatic rings. The van der Waals surface area contributed by atoms with E-state index in [0.717, 1.165) is 27.9 Å². The van der Waals surface area contributed by atoms with E-state index in [1.54, 1.807) is 18.2 Å². The summed E-state index contributed by atoms with van der Waals surface area (Å²) in [6.07, 6.45) is -7.93. The molecule has 11 heteroatoms. The van der Waals surface area contributed by atoms with Gasteiger partial charge in [0.25, 0.3) is 0 Å². The van der Waals surface area contributed by atoms with Crippen LogP contribution in [0.1, 0.15) is 31.1 Å². The van der Waals surface area contributed by atoms with Crippen molar-refractivity contribution >= 4 is 29.8 Å². The highest BCUT2D eigenvalue weighted by Gasteiger charge is 2.56. The highest BCUT2D eigenvalue weighted by Crippen LogP contribution is 2.30. The molecule has 31 heavy (non-hydrogen) atoms. The van der Waals surface area contributed by atoms with Crippen LogP contribution in [0.2, 0.25) is 0 Å². The van der Waals surface area contributed by atoms with Crippen molar-refractivity contribution in [2.75, 3.05) is 7.11 Å². The van der Waals surface area contributed by atoms with E-state index in [0.29, 0.717) is 0 Å². The molecule has 1 aromatic carbocycles. The zero-order valence-electron chi connectivity index (χ0n) is 17.3. The van der Waals surface area contributed by atoms with Gasteiger partial charge in [0.1, 0.15) is 0 Å². The Bertz CT molecular complexity index is 835. The molecule has 0 spiro atoms. The number of methoxy groups -OCH3 is 1. The van der Waals surface area contributed by atoms with E-state index in [1.807, 2.05) is 0 Å². The molecule has 5 atom stereocenters. The summed E-state index contributed by atoms with van der Waals surface area (Å²) < 4.78 is 30.9. The van der Waals surface area contributed by atoms with E-state index in [2.05, 4.69) is 4.74 Å². The predicted octanol–water partition coefficient (Wildman–Crippen LogP) is 0.536. The molecule has 0 amide bonds. The second-order valence-electron chi connectivity index (χ2n) is 6.44. The molecule has 0 bridgehead atoms. The highest BCUT2D eigenvalue weighted by molar-refractivity contribution is 5.89. The van der Waals surface area contributed by atoms with Crippen molar-refractivity contribution in [3.05, 3.63) is 35.9 Å². The third-order valence-corrected chi connectivity index (χ3v) is 4.07. The fourth-order valence-electron chi connectivity index (χ4n) is 2.92. The van der Waals surface area contributed by atoms with E-state index in [-0.39, 0.29) is 5.56 Å². The van der Waals surface area contributed by atoms with Gasteiger partial charge in [-0.2, -0.15) is 0 Å². The number of hydrogen-bond acceptors (Lipinski definition) is 11. The molecule has 1 saturated heterocycles. The maximum absolute atomic E-state index is 12.5. The third kappa shape index (κ3) is 6.25. The molecule has 1 fully saturated rings. The molecule has 1 heterocycles. The Hall–Kier alpha value is -3.47. The first-order valence-corrected chi connectivity index (χ1v) is 9.15. The minimum Gasteiger partial charge on any atom is -0.467 e. The number of carbonyl (C=O) groups is 5. The van der Waals surface area contributed by atoms with Gasteiger partial charge in [0.05, 0.1) is 12.7 Å². The Morgan fingerprint density at radius 2 is 1.26 bits per heavy atom. The normalized spacial score (nSPS) is 25.0. The standard InChI is InChI=1S/C20H22O11/c1-10(21)27-14-15(28-11(2)22)17(29-12(3)23)20(30-16(14)19(25)26-4)31-18(24)13-8-6-5-7-9-13/h5-9,14-17,20H,1-4H3/t14-,15-,16-,17+,20+/m0/s1. The molecule has 1 aliphatic heterocycles. The zero-order chi connectivity index (χ0) is 23.1. The number of ether oxygens (including phenoxy) is 6. The SMILES string of the molecule is COC(=O)[C@H]1O[C@H](OC(=O)c2ccccc2)[C@H](OC(C)=O)[C@@H](OC(C)=O)[C@@H]1OC(C)=O. The first kappa shape index (κ1) is 23.8. The van der Waals surface area contributed by atoms with E-state index in [9.17, 15) is 24.0 Å². The van der Waals surface area contributed by atoms with Crippen LogP contribution in [-0.4, -0.2) is 67.7 Å². The lowest BCUT2D eigenvalue weighted by Gasteiger charge is -2.42. The van der Waals surface area contributed by atoms with Crippen LogP contribution in [-0.2, 0) is 47.6 Å². The minimum absolute atomic E-state index is 0.147. The summed E-state index contributed by atoms with van der Waals surface area (Å²) in [5.41, 5.74) is 0.147. The Morgan fingerprint density at radius 3 is 1.77 bits per heavy atom. The molecule has 0 aromatic heterocycles. The van der Waals surface area contributed by atoms with Crippen molar-refractivity contribution in [1.82, 2.24) is 0 Å². The summed E-state index contributed by atoms with van der Waals surface area (Å²) in [7, 11) is 1.06.